The van der Waals surface area contributed by atoms with Gasteiger partial charge in [0.05, 0.1) is 25.4 Å². The number of esters is 1. The first-order valence-electron chi connectivity index (χ1n) is 42.1. The summed E-state index contributed by atoms with van der Waals surface area (Å²) in [7, 11) is 0. The number of ether oxygens (including phenoxy) is 1. The van der Waals surface area contributed by atoms with Gasteiger partial charge in [0.1, 0.15) is 0 Å². The Hall–Kier alpha value is -2.44. The van der Waals surface area contributed by atoms with Crippen LogP contribution < -0.4 is 5.32 Å². The van der Waals surface area contributed by atoms with E-state index in [-0.39, 0.29) is 18.5 Å². The van der Waals surface area contributed by atoms with Crippen molar-refractivity contribution in [1.82, 2.24) is 5.32 Å². The number of aliphatic hydroxyl groups is 2. The molecule has 3 N–H and O–H groups in total. The monoisotopic (exact) mass is 1300 g/mol. The third-order valence-corrected chi connectivity index (χ3v) is 19.5. The van der Waals surface area contributed by atoms with Crippen LogP contribution >= 0.6 is 0 Å². The Morgan fingerprint density at radius 1 is 0.301 bits per heavy atom. The summed E-state index contributed by atoms with van der Waals surface area (Å²) in [6.07, 6.45) is 111. The molecule has 0 fully saturated rings. The number of allylic oxidation sites excluding steroid dienone is 9. The van der Waals surface area contributed by atoms with Crippen molar-refractivity contribution < 1.29 is 24.5 Å². The summed E-state index contributed by atoms with van der Waals surface area (Å²) in [5.74, 6) is -0.0509. The summed E-state index contributed by atoms with van der Waals surface area (Å²) in [6, 6.07) is -0.629. The van der Waals surface area contributed by atoms with E-state index in [9.17, 15) is 19.8 Å². The fourth-order valence-corrected chi connectivity index (χ4v) is 13.1. The van der Waals surface area contributed by atoms with Crippen molar-refractivity contribution in [3.63, 3.8) is 0 Å². The molecule has 0 saturated carbocycles. The van der Waals surface area contributed by atoms with Crippen LogP contribution in [0, 0.1) is 0 Å². The van der Waals surface area contributed by atoms with Crippen LogP contribution in [0.5, 0.6) is 0 Å². The molecule has 0 aromatic heterocycles. The van der Waals surface area contributed by atoms with E-state index >= 15 is 0 Å². The molecule has 2 atom stereocenters. The Labute approximate surface area is 581 Å². The van der Waals surface area contributed by atoms with E-state index in [1.807, 2.05) is 6.08 Å². The van der Waals surface area contributed by atoms with E-state index in [0.717, 1.165) is 57.8 Å². The van der Waals surface area contributed by atoms with Crippen molar-refractivity contribution in [2.75, 3.05) is 13.2 Å². The number of carbonyl (C=O) groups is 2. The van der Waals surface area contributed by atoms with E-state index in [1.54, 1.807) is 6.08 Å². The number of aliphatic hydroxyl groups excluding tert-OH is 2. The smallest absolute Gasteiger partial charge is 0.305 e. The minimum atomic E-state index is -0.846. The molecule has 1 amide bonds. The van der Waals surface area contributed by atoms with Gasteiger partial charge in [-0.05, 0) is 96.3 Å². The normalized spacial score (nSPS) is 12.8. The van der Waals surface area contributed by atoms with Crippen LogP contribution in [0.1, 0.15) is 457 Å². The number of nitrogens with one attached hydrogen (secondary N) is 1. The van der Waals surface area contributed by atoms with E-state index in [0.29, 0.717) is 19.4 Å². The molecule has 2 unspecified atom stereocenters. The summed E-state index contributed by atoms with van der Waals surface area (Å²) in [5.41, 5.74) is 0. The van der Waals surface area contributed by atoms with Gasteiger partial charge in [-0.25, -0.2) is 0 Å². The topological polar surface area (TPSA) is 95.9 Å². The zero-order valence-electron chi connectivity index (χ0n) is 62.8. The average Bonchev–Trinajstić information content (AvgIpc) is 3.78. The zero-order chi connectivity index (χ0) is 67.0. The zero-order valence-corrected chi connectivity index (χ0v) is 62.8. The molecule has 0 bridgehead atoms. The highest BCUT2D eigenvalue weighted by Crippen LogP contribution is 2.20. The second-order valence-electron chi connectivity index (χ2n) is 28.8. The maximum Gasteiger partial charge on any atom is 0.305 e. The molecule has 0 rings (SSSR count). The van der Waals surface area contributed by atoms with Crippen LogP contribution in [0.15, 0.2) is 60.8 Å². The highest BCUT2D eigenvalue weighted by molar-refractivity contribution is 5.76. The van der Waals surface area contributed by atoms with Crippen LogP contribution in [-0.4, -0.2) is 47.4 Å². The van der Waals surface area contributed by atoms with Crippen molar-refractivity contribution in [3.8, 4) is 0 Å². The van der Waals surface area contributed by atoms with Gasteiger partial charge in [-0.15, -0.1) is 0 Å². The predicted octanol–water partition coefficient (Wildman–Crippen LogP) is 28.1. The molecule has 6 nitrogen and oxygen atoms in total. The quantitative estimate of drug-likeness (QED) is 0.0320. The number of carbonyl (C=O) groups excluding carboxylic acids is 2. The molecule has 0 aromatic carbocycles. The van der Waals surface area contributed by atoms with Gasteiger partial charge in [0.25, 0.3) is 0 Å². The van der Waals surface area contributed by atoms with Crippen molar-refractivity contribution in [1.29, 1.82) is 0 Å². The lowest BCUT2D eigenvalue weighted by Crippen LogP contribution is -2.45. The summed E-state index contributed by atoms with van der Waals surface area (Å²) in [6.45, 7) is 4.92. The van der Waals surface area contributed by atoms with Gasteiger partial charge in [-0.1, -0.05) is 408 Å². The fourth-order valence-electron chi connectivity index (χ4n) is 13.1. The largest absolute Gasteiger partial charge is 0.466 e. The first kappa shape index (κ1) is 90.6. The Morgan fingerprint density at radius 3 is 0.839 bits per heavy atom. The molecule has 0 aromatic rings. The molecule has 546 valence electrons. The van der Waals surface area contributed by atoms with Gasteiger partial charge in [-0.2, -0.15) is 0 Å². The molecule has 6 heteroatoms. The van der Waals surface area contributed by atoms with Gasteiger partial charge in [-0.3, -0.25) is 9.59 Å². The van der Waals surface area contributed by atoms with Gasteiger partial charge in [0.2, 0.25) is 5.91 Å². The minimum Gasteiger partial charge on any atom is -0.466 e. The molecular formula is C87H163NO5. The van der Waals surface area contributed by atoms with E-state index in [2.05, 4.69) is 67.8 Å². The van der Waals surface area contributed by atoms with Crippen LogP contribution in [0.2, 0.25) is 0 Å². The second kappa shape index (κ2) is 82.0. The fraction of sp³-hybridized carbons (Fsp3) is 0.862. The third-order valence-electron chi connectivity index (χ3n) is 19.5. The lowest BCUT2D eigenvalue weighted by Gasteiger charge is -2.20. The van der Waals surface area contributed by atoms with E-state index in [4.69, 9.17) is 4.74 Å². The summed E-state index contributed by atoms with van der Waals surface area (Å²) in [4.78, 5) is 24.7. The predicted molar refractivity (Wildman–Crippen MR) is 412 cm³/mol. The highest BCUT2D eigenvalue weighted by atomic mass is 16.5. The SMILES string of the molecule is CCCCC/C=C\C/C=C\CCCCCCCCCCCC(=O)OCCCCCCCCCCC/C=C\C/C=C\CCCCCCCCCCCCCCCCCCCC(=O)NC(CO)C(O)/C=C/CCCCCCCCCCCCCCCCCCCCCCCC. The van der Waals surface area contributed by atoms with Crippen LogP contribution in [0.4, 0.5) is 0 Å². The number of rotatable bonds is 79. The number of hydrogen-bond acceptors (Lipinski definition) is 5. The first-order valence-corrected chi connectivity index (χ1v) is 42.1. The summed E-state index contributed by atoms with van der Waals surface area (Å²) in [5, 5.41) is 23.3. The van der Waals surface area contributed by atoms with Crippen molar-refractivity contribution >= 4 is 11.9 Å². The third kappa shape index (κ3) is 78.4. The highest BCUT2D eigenvalue weighted by Gasteiger charge is 2.18. The minimum absolute atomic E-state index is 0.0106. The maximum atomic E-state index is 12.6. The van der Waals surface area contributed by atoms with E-state index < -0.39 is 12.1 Å². The van der Waals surface area contributed by atoms with Crippen LogP contribution in [-0.2, 0) is 14.3 Å². The molecule has 0 spiro atoms. The number of amides is 1. The van der Waals surface area contributed by atoms with Gasteiger partial charge in [0, 0.05) is 12.8 Å². The molecule has 0 radical (unpaired) electrons. The summed E-state index contributed by atoms with van der Waals surface area (Å²) >= 11 is 0. The van der Waals surface area contributed by atoms with E-state index in [1.165, 1.54) is 372 Å². The molecule has 0 saturated heterocycles. The van der Waals surface area contributed by atoms with Gasteiger partial charge >= 0.3 is 5.97 Å². The van der Waals surface area contributed by atoms with Crippen molar-refractivity contribution in [3.05, 3.63) is 60.8 Å². The Kier molecular flexibility index (Phi) is 79.8. The Balaban J connectivity index is 3.40. The lowest BCUT2D eigenvalue weighted by molar-refractivity contribution is -0.143. The molecule has 0 aliphatic carbocycles. The lowest BCUT2D eigenvalue weighted by atomic mass is 10.0. The first-order chi connectivity index (χ1) is 46.0. The van der Waals surface area contributed by atoms with Crippen LogP contribution in [0.3, 0.4) is 0 Å². The second-order valence-corrected chi connectivity index (χ2v) is 28.8. The van der Waals surface area contributed by atoms with Crippen molar-refractivity contribution in [2.45, 2.75) is 469 Å². The molecule has 0 heterocycles. The average molecular weight is 1300 g/mol. The molecule has 0 aliphatic heterocycles. The standard InChI is InChI=1S/C87H163NO5/c1-3-5-7-9-11-13-15-17-19-21-23-24-25-37-40-44-47-51-55-59-63-67-71-75-79-85(90)84(83-89)88-86(91)80-76-72-68-64-60-56-52-48-45-41-38-35-33-31-29-27-26-28-30-32-34-36-39-42-46-50-54-58-62-66-70-74-78-82-93-87(92)81-77-73-69-65-61-57-53-49-43-22-20-18-16-14-12-10-8-6-4-2/h12,14,18,20,30,32,36,39,75,79,84-85,89-90H,3-11,13,15-17,19,21-29,31,33-35,37-38,40-74,76-78,80-83H2,1-2H3,(H,88,91)/b14-12-,20-18-,32-30-,39-36-,79-75+. The molecule has 93 heavy (non-hydrogen) atoms. The van der Waals surface area contributed by atoms with Gasteiger partial charge < -0.3 is 20.3 Å². The Bertz CT molecular complexity index is 1600. The molecular weight excluding hydrogens is 1140 g/mol. The Morgan fingerprint density at radius 2 is 0.538 bits per heavy atom. The number of unbranched alkanes of at least 4 members (excludes halogenated alkanes) is 60. The van der Waals surface area contributed by atoms with Crippen LogP contribution in [0.25, 0.3) is 0 Å². The molecule has 0 aliphatic rings. The van der Waals surface area contributed by atoms with Gasteiger partial charge in [0.15, 0.2) is 0 Å². The maximum absolute atomic E-state index is 12.6. The number of hydrogen-bond donors (Lipinski definition) is 3. The van der Waals surface area contributed by atoms with Crippen molar-refractivity contribution in [2.24, 2.45) is 0 Å². The summed E-state index contributed by atoms with van der Waals surface area (Å²) < 4.78 is 5.51.